The highest BCUT2D eigenvalue weighted by Gasteiger charge is 2.43. The van der Waals surface area contributed by atoms with Gasteiger partial charge in [-0.3, -0.25) is 14.5 Å². The number of hydrogen-bond acceptors (Lipinski definition) is 4. The Hall–Kier alpha value is -2.30. The predicted octanol–water partition coefficient (Wildman–Crippen LogP) is 3.94. The van der Waals surface area contributed by atoms with Crippen molar-refractivity contribution in [3.05, 3.63) is 35.5 Å². The molecule has 1 aromatic rings. The number of carbonyl (C=O) groups excluding carboxylic acids is 2. The fraction of sp³-hybridized carbons (Fsp3) is 0.565. The first-order valence-electron chi connectivity index (χ1n) is 10.4. The van der Waals surface area contributed by atoms with Gasteiger partial charge in [-0.1, -0.05) is 32.9 Å². The molecule has 1 fully saturated rings. The highest BCUT2D eigenvalue weighted by Crippen LogP contribution is 2.35. The zero-order valence-electron chi connectivity index (χ0n) is 17.7. The summed E-state index contributed by atoms with van der Waals surface area (Å²) < 4.78 is 5.76. The van der Waals surface area contributed by atoms with Gasteiger partial charge in [0.05, 0.1) is 12.2 Å². The van der Waals surface area contributed by atoms with Gasteiger partial charge in [0, 0.05) is 19.1 Å². The number of hydrogen-bond donors (Lipinski definition) is 0. The normalized spacial score (nSPS) is 20.8. The number of piperidine rings is 1. The summed E-state index contributed by atoms with van der Waals surface area (Å²) in [5.41, 5.74) is 1.89. The van der Waals surface area contributed by atoms with Crippen molar-refractivity contribution in [2.24, 2.45) is 11.8 Å². The van der Waals surface area contributed by atoms with Gasteiger partial charge < -0.3 is 9.64 Å². The standard InChI is InChI=1S/C23H32N2O3/c1-15(2)14-28-19-10-8-18(9-11-19)20-21(24-12-6-7-17(5)13-24)23(27)25(16(3)4)22(20)26/h8-11,15-17H,6-7,12-14H2,1-5H3. The second-order valence-electron chi connectivity index (χ2n) is 8.72. The summed E-state index contributed by atoms with van der Waals surface area (Å²) >= 11 is 0. The van der Waals surface area contributed by atoms with Crippen LogP contribution in [-0.4, -0.2) is 47.4 Å². The monoisotopic (exact) mass is 384 g/mol. The average Bonchev–Trinajstić information content (AvgIpc) is 2.91. The fourth-order valence-electron chi connectivity index (χ4n) is 3.93. The van der Waals surface area contributed by atoms with E-state index in [1.54, 1.807) is 0 Å². The Bertz CT molecular complexity index is 765. The topological polar surface area (TPSA) is 49.9 Å². The van der Waals surface area contributed by atoms with Crippen molar-refractivity contribution < 1.29 is 14.3 Å². The number of likely N-dealkylation sites (tertiary alicyclic amines) is 1. The third-order valence-corrected chi connectivity index (χ3v) is 5.31. The molecular formula is C23H32N2O3. The van der Waals surface area contributed by atoms with Crippen molar-refractivity contribution in [3.63, 3.8) is 0 Å². The van der Waals surface area contributed by atoms with Gasteiger partial charge in [-0.25, -0.2) is 0 Å². The van der Waals surface area contributed by atoms with Crippen molar-refractivity contribution in [1.29, 1.82) is 0 Å². The van der Waals surface area contributed by atoms with Crippen LogP contribution in [0.1, 0.15) is 53.0 Å². The van der Waals surface area contributed by atoms with Gasteiger partial charge in [0.2, 0.25) is 0 Å². The number of amides is 2. The molecule has 0 saturated carbocycles. The van der Waals surface area contributed by atoms with E-state index in [9.17, 15) is 9.59 Å². The number of imide groups is 1. The maximum Gasteiger partial charge on any atom is 0.278 e. The van der Waals surface area contributed by atoms with Crippen molar-refractivity contribution >= 4 is 17.4 Å². The minimum absolute atomic E-state index is 0.163. The van der Waals surface area contributed by atoms with Gasteiger partial charge in [0.15, 0.2) is 0 Å². The lowest BCUT2D eigenvalue weighted by Gasteiger charge is -2.33. The molecule has 0 bridgehead atoms. The lowest BCUT2D eigenvalue weighted by atomic mass is 9.97. The van der Waals surface area contributed by atoms with Crippen LogP contribution in [-0.2, 0) is 9.59 Å². The quantitative estimate of drug-likeness (QED) is 0.697. The second kappa shape index (κ2) is 8.38. The summed E-state index contributed by atoms with van der Waals surface area (Å²) in [6.07, 6.45) is 2.21. The summed E-state index contributed by atoms with van der Waals surface area (Å²) in [6.45, 7) is 12.5. The first-order chi connectivity index (χ1) is 13.3. The van der Waals surface area contributed by atoms with Gasteiger partial charge in [-0.2, -0.15) is 0 Å². The Kier molecular flexibility index (Phi) is 6.11. The number of carbonyl (C=O) groups is 2. The molecule has 0 aromatic heterocycles. The lowest BCUT2D eigenvalue weighted by Crippen LogP contribution is -2.41. The van der Waals surface area contributed by atoms with Crippen LogP contribution in [0.3, 0.4) is 0 Å². The molecule has 3 rings (SSSR count). The molecule has 5 nitrogen and oxygen atoms in total. The number of rotatable bonds is 6. The second-order valence-corrected chi connectivity index (χ2v) is 8.72. The first-order valence-corrected chi connectivity index (χ1v) is 10.4. The first kappa shape index (κ1) is 20.4. The van der Waals surface area contributed by atoms with E-state index in [0.29, 0.717) is 29.7 Å². The number of benzene rings is 1. The van der Waals surface area contributed by atoms with Crippen LogP contribution in [0, 0.1) is 11.8 Å². The molecule has 0 aliphatic carbocycles. The van der Waals surface area contributed by atoms with Gasteiger partial charge >= 0.3 is 0 Å². The van der Waals surface area contributed by atoms with Crippen molar-refractivity contribution in [1.82, 2.24) is 9.80 Å². The summed E-state index contributed by atoms with van der Waals surface area (Å²) in [6, 6.07) is 7.40. The Balaban J connectivity index is 1.97. The molecule has 1 saturated heterocycles. The predicted molar refractivity (Wildman–Crippen MR) is 111 cm³/mol. The van der Waals surface area contributed by atoms with Gasteiger partial charge in [-0.15, -0.1) is 0 Å². The zero-order valence-corrected chi connectivity index (χ0v) is 17.7. The summed E-state index contributed by atoms with van der Waals surface area (Å²) in [4.78, 5) is 29.9. The van der Waals surface area contributed by atoms with E-state index in [2.05, 4.69) is 25.7 Å². The van der Waals surface area contributed by atoms with E-state index in [0.717, 1.165) is 37.2 Å². The molecule has 5 heteroatoms. The maximum absolute atomic E-state index is 13.2. The van der Waals surface area contributed by atoms with Crippen molar-refractivity contribution in [2.45, 2.75) is 53.5 Å². The molecule has 0 N–H and O–H groups in total. The van der Waals surface area contributed by atoms with Gasteiger partial charge in [-0.05, 0) is 56.2 Å². The average molecular weight is 385 g/mol. The molecule has 152 valence electrons. The summed E-state index contributed by atoms with van der Waals surface area (Å²) in [7, 11) is 0. The molecule has 2 aliphatic rings. The van der Waals surface area contributed by atoms with E-state index >= 15 is 0 Å². The van der Waals surface area contributed by atoms with Gasteiger partial charge in [0.1, 0.15) is 11.4 Å². The van der Waals surface area contributed by atoms with Crippen LogP contribution < -0.4 is 4.74 Å². The molecule has 1 unspecified atom stereocenters. The van der Waals surface area contributed by atoms with E-state index in [4.69, 9.17) is 4.74 Å². The molecule has 0 spiro atoms. The fourth-order valence-corrected chi connectivity index (χ4v) is 3.93. The Morgan fingerprint density at radius 2 is 1.75 bits per heavy atom. The van der Waals surface area contributed by atoms with Crippen LogP contribution in [0.15, 0.2) is 30.0 Å². The molecule has 28 heavy (non-hydrogen) atoms. The Labute approximate surface area is 168 Å². The van der Waals surface area contributed by atoms with E-state index in [1.807, 2.05) is 38.1 Å². The molecule has 2 heterocycles. The van der Waals surface area contributed by atoms with Gasteiger partial charge in [0.25, 0.3) is 11.8 Å². The maximum atomic E-state index is 13.2. The van der Waals surface area contributed by atoms with Crippen LogP contribution in [0.4, 0.5) is 0 Å². The Morgan fingerprint density at radius 3 is 2.32 bits per heavy atom. The SMILES string of the molecule is CC(C)COc1ccc(C2=C(N3CCCC(C)C3)C(=O)N(C(C)C)C2=O)cc1. The molecule has 1 aromatic carbocycles. The number of ether oxygens (including phenoxy) is 1. The molecule has 2 amide bonds. The highest BCUT2D eigenvalue weighted by molar-refractivity contribution is 6.35. The minimum Gasteiger partial charge on any atom is -0.493 e. The summed E-state index contributed by atoms with van der Waals surface area (Å²) in [5, 5.41) is 0. The third-order valence-electron chi connectivity index (χ3n) is 5.31. The van der Waals surface area contributed by atoms with E-state index in [1.165, 1.54) is 4.90 Å². The third kappa shape index (κ3) is 4.08. The van der Waals surface area contributed by atoms with Crippen molar-refractivity contribution in [2.75, 3.05) is 19.7 Å². The molecule has 0 radical (unpaired) electrons. The molecule has 2 aliphatic heterocycles. The largest absolute Gasteiger partial charge is 0.493 e. The van der Waals surface area contributed by atoms with Crippen LogP contribution in [0.2, 0.25) is 0 Å². The van der Waals surface area contributed by atoms with Crippen LogP contribution >= 0.6 is 0 Å². The van der Waals surface area contributed by atoms with Crippen LogP contribution in [0.5, 0.6) is 5.75 Å². The smallest absolute Gasteiger partial charge is 0.278 e. The van der Waals surface area contributed by atoms with Crippen LogP contribution in [0.25, 0.3) is 5.57 Å². The zero-order chi connectivity index (χ0) is 20.4. The van der Waals surface area contributed by atoms with Crippen molar-refractivity contribution in [3.8, 4) is 5.75 Å². The Morgan fingerprint density at radius 1 is 1.07 bits per heavy atom. The number of nitrogens with zero attached hydrogens (tertiary/aromatic N) is 2. The highest BCUT2D eigenvalue weighted by atomic mass is 16.5. The minimum atomic E-state index is -0.191. The molecule has 1 atom stereocenters. The molecular weight excluding hydrogens is 352 g/mol. The van der Waals surface area contributed by atoms with E-state index in [-0.39, 0.29) is 17.9 Å². The van der Waals surface area contributed by atoms with E-state index < -0.39 is 0 Å². The lowest BCUT2D eigenvalue weighted by molar-refractivity contribution is -0.139. The summed E-state index contributed by atoms with van der Waals surface area (Å²) in [5.74, 6) is 1.39.